The molecule has 7 nitrogen and oxygen atoms in total. The molecule has 3 heterocycles. The first-order valence-electron chi connectivity index (χ1n) is 9.48. The Balaban J connectivity index is 1.35. The summed E-state index contributed by atoms with van der Waals surface area (Å²) >= 11 is 0. The molecular formula is C21H23N5O2. The predicted octanol–water partition coefficient (Wildman–Crippen LogP) is 1.81. The van der Waals surface area contributed by atoms with Crippen LogP contribution in [0.5, 0.6) is 0 Å². The zero-order valence-electron chi connectivity index (χ0n) is 15.6. The largest absolute Gasteiger partial charge is 0.361 e. The van der Waals surface area contributed by atoms with Gasteiger partial charge in [0.15, 0.2) is 0 Å². The maximum Gasteiger partial charge on any atom is 0.251 e. The number of piperazine rings is 1. The van der Waals surface area contributed by atoms with E-state index in [1.807, 2.05) is 30.5 Å². The summed E-state index contributed by atoms with van der Waals surface area (Å²) in [5.41, 5.74) is 2.90. The minimum atomic E-state index is -0.102. The number of H-pyrrole nitrogens is 1. The van der Waals surface area contributed by atoms with Gasteiger partial charge in [0.25, 0.3) is 5.91 Å². The van der Waals surface area contributed by atoms with E-state index in [0.717, 1.165) is 37.3 Å². The maximum atomic E-state index is 12.6. The van der Waals surface area contributed by atoms with Gasteiger partial charge in [0.05, 0.1) is 0 Å². The van der Waals surface area contributed by atoms with Gasteiger partial charge >= 0.3 is 0 Å². The van der Waals surface area contributed by atoms with Crippen molar-refractivity contribution < 1.29 is 9.59 Å². The lowest BCUT2D eigenvalue weighted by Gasteiger charge is -2.33. The quantitative estimate of drug-likeness (QED) is 0.642. The van der Waals surface area contributed by atoms with E-state index in [-0.39, 0.29) is 5.91 Å². The minimum absolute atomic E-state index is 0.102. The number of anilines is 1. The summed E-state index contributed by atoms with van der Waals surface area (Å²) in [4.78, 5) is 34.9. The van der Waals surface area contributed by atoms with Gasteiger partial charge in [-0.2, -0.15) is 0 Å². The van der Waals surface area contributed by atoms with Crippen LogP contribution < -0.4 is 10.2 Å². The second-order valence-corrected chi connectivity index (χ2v) is 6.90. The van der Waals surface area contributed by atoms with Crippen molar-refractivity contribution in [2.45, 2.75) is 6.42 Å². The lowest BCUT2D eigenvalue weighted by atomic mass is 10.1. The van der Waals surface area contributed by atoms with Crippen molar-refractivity contribution in [2.24, 2.45) is 0 Å². The maximum absolute atomic E-state index is 12.6. The summed E-state index contributed by atoms with van der Waals surface area (Å²) in [6, 6.07) is 11.7. The van der Waals surface area contributed by atoms with Crippen LogP contribution in [-0.4, -0.2) is 59.9 Å². The van der Waals surface area contributed by atoms with Crippen LogP contribution in [0.1, 0.15) is 15.9 Å². The van der Waals surface area contributed by atoms with Gasteiger partial charge in [-0.15, -0.1) is 0 Å². The molecule has 28 heavy (non-hydrogen) atoms. The number of benzene rings is 1. The number of nitrogens with zero attached hydrogens (tertiary/aromatic N) is 3. The number of aromatic nitrogens is 2. The van der Waals surface area contributed by atoms with Crippen LogP contribution in [-0.2, 0) is 11.2 Å². The first kappa shape index (κ1) is 18.0. The highest BCUT2D eigenvalue weighted by Gasteiger charge is 2.17. The molecule has 0 atom stereocenters. The van der Waals surface area contributed by atoms with Gasteiger partial charge in [-0.25, -0.2) is 4.98 Å². The fraction of sp³-hybridized carbons (Fsp3) is 0.286. The van der Waals surface area contributed by atoms with Crippen molar-refractivity contribution in [1.82, 2.24) is 20.2 Å². The molecule has 0 bridgehead atoms. The molecule has 0 radical (unpaired) electrons. The minimum Gasteiger partial charge on any atom is -0.361 e. The molecule has 1 aliphatic heterocycles. The van der Waals surface area contributed by atoms with E-state index in [0.29, 0.717) is 25.2 Å². The number of amides is 2. The van der Waals surface area contributed by atoms with Gasteiger partial charge in [0.1, 0.15) is 5.82 Å². The Kier molecular flexibility index (Phi) is 5.23. The highest BCUT2D eigenvalue weighted by atomic mass is 16.1. The predicted molar refractivity (Wildman–Crippen MR) is 108 cm³/mol. The topological polar surface area (TPSA) is 81.3 Å². The zero-order chi connectivity index (χ0) is 19.3. The third-order valence-corrected chi connectivity index (χ3v) is 5.15. The van der Waals surface area contributed by atoms with Gasteiger partial charge in [-0.05, 0) is 30.2 Å². The van der Waals surface area contributed by atoms with Crippen LogP contribution in [0.15, 0.2) is 48.8 Å². The van der Waals surface area contributed by atoms with Gasteiger partial charge in [0.2, 0.25) is 6.41 Å². The molecular weight excluding hydrogens is 354 g/mol. The summed E-state index contributed by atoms with van der Waals surface area (Å²) in [5, 5.41) is 4.19. The summed E-state index contributed by atoms with van der Waals surface area (Å²) in [5.74, 6) is 0.671. The molecule has 3 aromatic rings. The SMILES string of the molecule is O=CN1CCN(c2cc(C(=O)NCCc3c[nH]c4ccccc34)ccn2)CC1. The number of fused-ring (bicyclic) bond motifs is 1. The average Bonchev–Trinajstić information content (AvgIpc) is 3.17. The van der Waals surface area contributed by atoms with Gasteiger partial charge in [-0.3, -0.25) is 9.59 Å². The van der Waals surface area contributed by atoms with E-state index in [9.17, 15) is 9.59 Å². The van der Waals surface area contributed by atoms with Crippen LogP contribution in [0.3, 0.4) is 0 Å². The van der Waals surface area contributed by atoms with Crippen LogP contribution in [0, 0.1) is 0 Å². The molecule has 0 spiro atoms. The smallest absolute Gasteiger partial charge is 0.251 e. The fourth-order valence-corrected chi connectivity index (χ4v) is 3.54. The number of rotatable bonds is 6. The molecule has 1 aromatic carbocycles. The Hall–Kier alpha value is -3.35. The zero-order valence-corrected chi connectivity index (χ0v) is 15.6. The number of pyridine rings is 1. The molecule has 4 rings (SSSR count). The number of carbonyl (C=O) groups excluding carboxylic acids is 2. The summed E-state index contributed by atoms with van der Waals surface area (Å²) in [6.07, 6.45) is 5.31. The highest BCUT2D eigenvalue weighted by Crippen LogP contribution is 2.18. The van der Waals surface area contributed by atoms with Crippen LogP contribution in [0.25, 0.3) is 10.9 Å². The standard InChI is InChI=1S/C21H23N5O2/c27-15-25-9-11-26(12-10-25)20-13-16(5-7-22-20)21(28)23-8-6-17-14-24-19-4-2-1-3-18(17)19/h1-5,7,13-15,24H,6,8-12H2,(H,23,28). The highest BCUT2D eigenvalue weighted by molar-refractivity contribution is 5.94. The van der Waals surface area contributed by atoms with Crippen LogP contribution >= 0.6 is 0 Å². The monoisotopic (exact) mass is 377 g/mol. The van der Waals surface area contributed by atoms with Crippen molar-refractivity contribution in [3.8, 4) is 0 Å². The van der Waals surface area contributed by atoms with E-state index >= 15 is 0 Å². The van der Waals surface area contributed by atoms with Crippen molar-refractivity contribution in [3.05, 3.63) is 59.9 Å². The van der Waals surface area contributed by atoms with Crippen molar-refractivity contribution in [1.29, 1.82) is 0 Å². The molecule has 1 aliphatic rings. The molecule has 144 valence electrons. The Morgan fingerprint density at radius 2 is 2.00 bits per heavy atom. The Morgan fingerprint density at radius 1 is 1.18 bits per heavy atom. The second kappa shape index (κ2) is 8.12. The summed E-state index contributed by atoms with van der Waals surface area (Å²) in [6.45, 7) is 3.35. The number of hydrogen-bond donors (Lipinski definition) is 2. The number of aromatic amines is 1. The van der Waals surface area contributed by atoms with Crippen LogP contribution in [0.2, 0.25) is 0 Å². The van der Waals surface area contributed by atoms with E-state index < -0.39 is 0 Å². The van der Waals surface area contributed by atoms with E-state index in [1.54, 1.807) is 17.2 Å². The molecule has 7 heteroatoms. The molecule has 0 unspecified atom stereocenters. The van der Waals surface area contributed by atoms with Gasteiger partial charge < -0.3 is 20.1 Å². The molecule has 2 amide bonds. The fourth-order valence-electron chi connectivity index (χ4n) is 3.54. The lowest BCUT2D eigenvalue weighted by molar-refractivity contribution is -0.118. The Morgan fingerprint density at radius 3 is 2.82 bits per heavy atom. The molecule has 2 N–H and O–H groups in total. The molecule has 0 aliphatic carbocycles. The van der Waals surface area contributed by atoms with E-state index in [2.05, 4.69) is 26.3 Å². The normalized spacial score (nSPS) is 14.3. The Labute approximate surface area is 163 Å². The third kappa shape index (κ3) is 3.83. The van der Waals surface area contributed by atoms with E-state index in [4.69, 9.17) is 0 Å². The molecule has 1 saturated heterocycles. The number of carbonyl (C=O) groups is 2. The van der Waals surface area contributed by atoms with Crippen molar-refractivity contribution in [2.75, 3.05) is 37.6 Å². The number of nitrogens with one attached hydrogen (secondary N) is 2. The first-order chi connectivity index (χ1) is 13.7. The number of hydrogen-bond acceptors (Lipinski definition) is 4. The summed E-state index contributed by atoms with van der Waals surface area (Å²) < 4.78 is 0. The number of para-hydroxylation sites is 1. The average molecular weight is 377 g/mol. The summed E-state index contributed by atoms with van der Waals surface area (Å²) in [7, 11) is 0. The van der Waals surface area contributed by atoms with Crippen LogP contribution in [0.4, 0.5) is 5.82 Å². The van der Waals surface area contributed by atoms with Crippen molar-refractivity contribution >= 4 is 29.0 Å². The second-order valence-electron chi connectivity index (χ2n) is 6.90. The Bertz CT molecular complexity index is 976. The third-order valence-electron chi connectivity index (χ3n) is 5.15. The van der Waals surface area contributed by atoms with Gasteiger partial charge in [0, 0.05) is 61.6 Å². The molecule has 2 aromatic heterocycles. The van der Waals surface area contributed by atoms with Crippen molar-refractivity contribution in [3.63, 3.8) is 0 Å². The van der Waals surface area contributed by atoms with E-state index in [1.165, 1.54) is 10.9 Å². The molecule has 1 fully saturated rings. The van der Waals surface area contributed by atoms with Gasteiger partial charge in [-0.1, -0.05) is 18.2 Å². The molecule has 0 saturated carbocycles. The lowest BCUT2D eigenvalue weighted by Crippen LogP contribution is -2.46. The first-order valence-corrected chi connectivity index (χ1v) is 9.48.